The fourth-order valence-corrected chi connectivity index (χ4v) is 2.72. The van der Waals surface area contributed by atoms with Crippen LogP contribution in [-0.2, 0) is 6.54 Å². The van der Waals surface area contributed by atoms with Gasteiger partial charge in [0.2, 0.25) is 0 Å². The molecule has 0 radical (unpaired) electrons. The smallest absolute Gasteiger partial charge is 0.344 e. The molecule has 3 aromatic rings. The van der Waals surface area contributed by atoms with Crippen LogP contribution in [0.2, 0.25) is 0 Å². The van der Waals surface area contributed by atoms with E-state index in [0.717, 1.165) is 16.6 Å². The van der Waals surface area contributed by atoms with Crippen molar-refractivity contribution in [1.29, 1.82) is 0 Å². The van der Waals surface area contributed by atoms with Gasteiger partial charge in [-0.2, -0.15) is 0 Å². The number of rotatable bonds is 6. The number of fused-ring (bicyclic) bond motifs is 1. The Morgan fingerprint density at radius 2 is 1.84 bits per heavy atom. The molecule has 6 heteroatoms. The standard InChI is InChI=1S/C19H21N2O4/c1-20(8-10-22)16-3-2-15-12-17(19(24)25-18(15)13-16)14-4-6-21(7-5-14)9-11-23/h2-7,12-13,22-23H,8-11H2,1H3/q+1. The van der Waals surface area contributed by atoms with Crippen LogP contribution in [0.1, 0.15) is 0 Å². The Kier molecular flexibility index (Phi) is 5.11. The van der Waals surface area contributed by atoms with E-state index in [0.29, 0.717) is 24.2 Å². The van der Waals surface area contributed by atoms with E-state index < -0.39 is 5.63 Å². The van der Waals surface area contributed by atoms with Crippen LogP contribution in [-0.4, -0.2) is 37.0 Å². The van der Waals surface area contributed by atoms with Crippen LogP contribution < -0.4 is 15.1 Å². The van der Waals surface area contributed by atoms with Crippen molar-refractivity contribution in [3.8, 4) is 11.1 Å². The number of benzene rings is 1. The number of aliphatic hydroxyl groups is 2. The predicted molar refractivity (Wildman–Crippen MR) is 95.6 cm³/mol. The molecule has 0 bridgehead atoms. The van der Waals surface area contributed by atoms with Crippen molar-refractivity contribution < 1.29 is 19.2 Å². The highest BCUT2D eigenvalue weighted by atomic mass is 16.4. The van der Waals surface area contributed by atoms with Gasteiger partial charge in [-0.1, -0.05) is 0 Å². The van der Waals surface area contributed by atoms with E-state index in [2.05, 4.69) is 0 Å². The molecule has 0 atom stereocenters. The van der Waals surface area contributed by atoms with Gasteiger partial charge in [-0.05, 0) is 18.2 Å². The summed E-state index contributed by atoms with van der Waals surface area (Å²) in [5.74, 6) is 0. The number of aliphatic hydroxyl groups excluding tert-OH is 2. The number of aromatic nitrogens is 1. The quantitative estimate of drug-likeness (QED) is 0.520. The minimum absolute atomic E-state index is 0.0573. The summed E-state index contributed by atoms with van der Waals surface area (Å²) in [5, 5.41) is 18.8. The second kappa shape index (κ2) is 7.46. The highest BCUT2D eigenvalue weighted by Gasteiger charge is 2.11. The van der Waals surface area contributed by atoms with Crippen molar-refractivity contribution in [3.05, 3.63) is 59.2 Å². The maximum absolute atomic E-state index is 12.4. The topological polar surface area (TPSA) is 77.8 Å². The summed E-state index contributed by atoms with van der Waals surface area (Å²) in [4.78, 5) is 14.3. The molecule has 0 aliphatic carbocycles. The number of hydrogen-bond acceptors (Lipinski definition) is 5. The Morgan fingerprint density at radius 1 is 1.08 bits per heavy atom. The van der Waals surface area contributed by atoms with Gasteiger partial charge in [0.15, 0.2) is 18.9 Å². The highest BCUT2D eigenvalue weighted by molar-refractivity contribution is 5.84. The zero-order chi connectivity index (χ0) is 17.8. The van der Waals surface area contributed by atoms with Crippen LogP contribution in [0.15, 0.2) is 58.0 Å². The minimum atomic E-state index is -0.394. The molecule has 0 saturated heterocycles. The first-order valence-electron chi connectivity index (χ1n) is 8.12. The average Bonchev–Trinajstić information content (AvgIpc) is 2.62. The first-order valence-corrected chi connectivity index (χ1v) is 8.12. The van der Waals surface area contributed by atoms with Crippen molar-refractivity contribution in [2.24, 2.45) is 0 Å². The fourth-order valence-electron chi connectivity index (χ4n) is 2.72. The van der Waals surface area contributed by atoms with Gasteiger partial charge in [-0.25, -0.2) is 9.36 Å². The maximum atomic E-state index is 12.4. The Labute approximate surface area is 145 Å². The van der Waals surface area contributed by atoms with Gasteiger partial charge in [0, 0.05) is 48.4 Å². The molecule has 0 fully saturated rings. The Morgan fingerprint density at radius 3 is 2.52 bits per heavy atom. The molecule has 2 aromatic heterocycles. The van der Waals surface area contributed by atoms with Crippen molar-refractivity contribution in [1.82, 2.24) is 0 Å². The van der Waals surface area contributed by atoms with Gasteiger partial charge >= 0.3 is 5.63 Å². The normalized spacial score (nSPS) is 11.0. The highest BCUT2D eigenvalue weighted by Crippen LogP contribution is 2.24. The third-order valence-corrected chi connectivity index (χ3v) is 4.16. The van der Waals surface area contributed by atoms with Gasteiger partial charge in [0.25, 0.3) is 0 Å². The van der Waals surface area contributed by atoms with Crippen molar-refractivity contribution >= 4 is 16.7 Å². The third-order valence-electron chi connectivity index (χ3n) is 4.16. The summed E-state index contributed by atoms with van der Waals surface area (Å²) in [6.07, 6.45) is 3.64. The second-order valence-corrected chi connectivity index (χ2v) is 5.86. The Balaban J connectivity index is 1.99. The Bertz CT molecular complexity index is 919. The lowest BCUT2D eigenvalue weighted by atomic mass is 10.1. The van der Waals surface area contributed by atoms with E-state index in [1.165, 1.54) is 0 Å². The molecule has 0 amide bonds. The van der Waals surface area contributed by atoms with Gasteiger partial charge in [-0.15, -0.1) is 0 Å². The van der Waals surface area contributed by atoms with Crippen LogP contribution in [0.4, 0.5) is 5.69 Å². The van der Waals surface area contributed by atoms with E-state index in [4.69, 9.17) is 14.6 Å². The molecule has 0 aliphatic rings. The molecule has 0 aliphatic heterocycles. The lowest BCUT2D eigenvalue weighted by Crippen LogP contribution is -2.34. The number of nitrogens with zero attached hydrogens (tertiary/aromatic N) is 2. The molecule has 1 aromatic carbocycles. The molecular formula is C19H21N2O4+. The fraction of sp³-hybridized carbons (Fsp3) is 0.263. The first kappa shape index (κ1) is 17.1. The molecule has 2 N–H and O–H groups in total. The molecule has 0 unspecified atom stereocenters. The number of hydrogen-bond donors (Lipinski definition) is 2. The SMILES string of the molecule is CN(CCO)c1ccc2cc(-c3cc[n+](CCO)cc3)c(=O)oc2c1. The van der Waals surface area contributed by atoms with Gasteiger partial charge in [-0.3, -0.25) is 0 Å². The van der Waals surface area contributed by atoms with E-state index in [1.54, 1.807) is 6.07 Å². The van der Waals surface area contributed by atoms with Crippen LogP contribution in [0.25, 0.3) is 22.1 Å². The summed E-state index contributed by atoms with van der Waals surface area (Å²) >= 11 is 0. The number of anilines is 1. The molecule has 0 saturated carbocycles. The maximum Gasteiger partial charge on any atom is 0.344 e. The molecule has 6 nitrogen and oxygen atoms in total. The van der Waals surface area contributed by atoms with Crippen LogP contribution in [0.3, 0.4) is 0 Å². The summed E-state index contributed by atoms with van der Waals surface area (Å²) in [6, 6.07) is 11.1. The van der Waals surface area contributed by atoms with E-state index in [9.17, 15) is 4.79 Å². The second-order valence-electron chi connectivity index (χ2n) is 5.86. The summed E-state index contributed by atoms with van der Waals surface area (Å²) in [7, 11) is 1.87. The largest absolute Gasteiger partial charge is 0.422 e. The van der Waals surface area contributed by atoms with E-state index in [-0.39, 0.29) is 13.2 Å². The molecule has 25 heavy (non-hydrogen) atoms. The third kappa shape index (κ3) is 3.70. The number of pyridine rings is 1. The minimum Gasteiger partial charge on any atom is -0.422 e. The van der Waals surface area contributed by atoms with E-state index >= 15 is 0 Å². The van der Waals surface area contributed by atoms with Crippen molar-refractivity contribution in [3.63, 3.8) is 0 Å². The van der Waals surface area contributed by atoms with Crippen LogP contribution >= 0.6 is 0 Å². The van der Waals surface area contributed by atoms with Crippen molar-refractivity contribution in [2.75, 3.05) is 31.7 Å². The van der Waals surface area contributed by atoms with Crippen LogP contribution in [0.5, 0.6) is 0 Å². The van der Waals surface area contributed by atoms with Crippen molar-refractivity contribution in [2.45, 2.75) is 6.54 Å². The summed E-state index contributed by atoms with van der Waals surface area (Å²) < 4.78 is 7.35. The zero-order valence-electron chi connectivity index (χ0n) is 14.1. The first-order chi connectivity index (χ1) is 12.1. The lowest BCUT2D eigenvalue weighted by Gasteiger charge is -2.17. The molecule has 3 rings (SSSR count). The lowest BCUT2D eigenvalue weighted by molar-refractivity contribution is -0.698. The number of likely N-dealkylation sites (N-methyl/N-ethyl adjacent to an activating group) is 1. The van der Waals surface area contributed by atoms with Gasteiger partial charge in [0.05, 0.1) is 12.2 Å². The summed E-state index contributed by atoms with van der Waals surface area (Å²) in [5.41, 5.74) is 2.27. The van der Waals surface area contributed by atoms with E-state index in [1.807, 2.05) is 59.2 Å². The zero-order valence-corrected chi connectivity index (χ0v) is 14.1. The van der Waals surface area contributed by atoms with Gasteiger partial charge < -0.3 is 19.5 Å². The van der Waals surface area contributed by atoms with Crippen LogP contribution in [0, 0.1) is 0 Å². The average molecular weight is 341 g/mol. The summed E-state index contributed by atoms with van der Waals surface area (Å²) in [6.45, 7) is 1.14. The monoisotopic (exact) mass is 341 g/mol. The molecule has 0 spiro atoms. The molecular weight excluding hydrogens is 320 g/mol. The molecule has 2 heterocycles. The predicted octanol–water partition coefficient (Wildman–Crippen LogP) is 1.17. The van der Waals surface area contributed by atoms with Gasteiger partial charge in [0.1, 0.15) is 12.2 Å². The Hall–Kier alpha value is -2.70. The molecule has 130 valence electrons.